The first-order valence-electron chi connectivity index (χ1n) is 5.26. The molecule has 1 saturated heterocycles. The maximum Gasteiger partial charge on any atom is 0.336 e. The molecule has 17 heavy (non-hydrogen) atoms. The first kappa shape index (κ1) is 12.1. The first-order chi connectivity index (χ1) is 8.22. The molecular formula is C11H13ClN2O3. The molecule has 92 valence electrons. The Labute approximate surface area is 104 Å². The molecule has 0 spiro atoms. The molecule has 6 heteroatoms. The fourth-order valence-electron chi connectivity index (χ4n) is 1.77. The molecule has 0 aromatic carbocycles. The number of halogens is 1. The minimum Gasteiger partial charge on any atom is -0.467 e. The van der Waals surface area contributed by atoms with Gasteiger partial charge in [-0.2, -0.15) is 0 Å². The molecule has 0 bridgehead atoms. The number of aromatic nitrogens is 1. The van der Waals surface area contributed by atoms with Gasteiger partial charge in [0.2, 0.25) is 0 Å². The number of esters is 1. The maximum absolute atomic E-state index is 11.4. The highest BCUT2D eigenvalue weighted by atomic mass is 35.5. The molecule has 2 rings (SSSR count). The van der Waals surface area contributed by atoms with Crippen molar-refractivity contribution in [2.24, 2.45) is 0 Å². The minimum atomic E-state index is -0.557. The predicted octanol–water partition coefficient (Wildman–Crippen LogP) is 1.11. The summed E-state index contributed by atoms with van der Waals surface area (Å²) in [4.78, 5) is 17.3. The molecule has 1 aromatic heterocycles. The summed E-state index contributed by atoms with van der Waals surface area (Å²) in [7, 11) is 1.35. The van der Waals surface area contributed by atoms with Gasteiger partial charge in [-0.1, -0.05) is 11.6 Å². The number of carbonyl (C=O) groups excluding carboxylic acids is 1. The monoisotopic (exact) mass is 256 g/mol. The lowest BCUT2D eigenvalue weighted by Crippen LogP contribution is -2.46. The molecule has 0 N–H and O–H groups in total. The molecule has 0 aliphatic carbocycles. The van der Waals surface area contributed by atoms with Crippen LogP contribution in [0.15, 0.2) is 18.5 Å². The number of methoxy groups -OCH3 is 1. The SMILES string of the molecule is COC(=O)C1CN(c2ccncc2Cl)CCO1. The lowest BCUT2D eigenvalue weighted by molar-refractivity contribution is -0.154. The lowest BCUT2D eigenvalue weighted by atomic mass is 10.2. The summed E-state index contributed by atoms with van der Waals surface area (Å²) in [6.45, 7) is 1.60. The van der Waals surface area contributed by atoms with Gasteiger partial charge in [0, 0.05) is 18.9 Å². The van der Waals surface area contributed by atoms with E-state index < -0.39 is 6.10 Å². The Hall–Kier alpha value is -1.33. The minimum absolute atomic E-state index is 0.361. The fourth-order valence-corrected chi connectivity index (χ4v) is 2.01. The van der Waals surface area contributed by atoms with Crippen LogP contribution in [0.1, 0.15) is 0 Å². The van der Waals surface area contributed by atoms with E-state index in [9.17, 15) is 4.79 Å². The Morgan fingerprint density at radius 1 is 1.71 bits per heavy atom. The maximum atomic E-state index is 11.4. The van der Waals surface area contributed by atoms with E-state index in [1.165, 1.54) is 7.11 Å². The Kier molecular flexibility index (Phi) is 3.81. The van der Waals surface area contributed by atoms with Gasteiger partial charge < -0.3 is 14.4 Å². The second kappa shape index (κ2) is 5.33. The number of hydrogen-bond acceptors (Lipinski definition) is 5. The molecule has 0 saturated carbocycles. The summed E-state index contributed by atoms with van der Waals surface area (Å²) in [6, 6.07) is 1.82. The molecule has 1 aromatic rings. The van der Waals surface area contributed by atoms with Crippen molar-refractivity contribution in [2.75, 3.05) is 31.7 Å². The third-order valence-electron chi connectivity index (χ3n) is 2.62. The van der Waals surface area contributed by atoms with Crippen molar-refractivity contribution in [1.29, 1.82) is 0 Å². The van der Waals surface area contributed by atoms with Gasteiger partial charge in [-0.05, 0) is 6.07 Å². The second-order valence-corrected chi connectivity index (χ2v) is 4.06. The standard InChI is InChI=1S/C11H13ClN2O3/c1-16-11(15)10-7-14(4-5-17-10)9-2-3-13-6-8(9)12/h2-3,6,10H,4-5,7H2,1H3. The van der Waals surface area contributed by atoms with Crippen molar-refractivity contribution >= 4 is 23.3 Å². The van der Waals surface area contributed by atoms with Crippen LogP contribution in [0, 0.1) is 0 Å². The van der Waals surface area contributed by atoms with Crippen LogP contribution in [0.25, 0.3) is 0 Å². The Morgan fingerprint density at radius 2 is 2.53 bits per heavy atom. The highest BCUT2D eigenvalue weighted by Gasteiger charge is 2.28. The summed E-state index contributed by atoms with van der Waals surface area (Å²) in [5.41, 5.74) is 0.860. The molecular weight excluding hydrogens is 244 g/mol. The van der Waals surface area contributed by atoms with Crippen LogP contribution in [0.3, 0.4) is 0 Å². The third kappa shape index (κ3) is 2.68. The Morgan fingerprint density at radius 3 is 3.24 bits per heavy atom. The topological polar surface area (TPSA) is 51.7 Å². The molecule has 5 nitrogen and oxygen atoms in total. The van der Waals surface area contributed by atoms with Crippen molar-refractivity contribution in [3.8, 4) is 0 Å². The van der Waals surface area contributed by atoms with E-state index in [2.05, 4.69) is 9.72 Å². The summed E-state index contributed by atoms with van der Waals surface area (Å²) in [5.74, 6) is -0.361. The summed E-state index contributed by atoms with van der Waals surface area (Å²) < 4.78 is 10.0. The van der Waals surface area contributed by atoms with E-state index in [-0.39, 0.29) is 5.97 Å². The van der Waals surface area contributed by atoms with E-state index in [0.29, 0.717) is 24.7 Å². The van der Waals surface area contributed by atoms with Gasteiger partial charge in [0.05, 0.1) is 31.0 Å². The zero-order valence-corrected chi connectivity index (χ0v) is 10.2. The second-order valence-electron chi connectivity index (χ2n) is 3.66. The first-order valence-corrected chi connectivity index (χ1v) is 5.64. The van der Waals surface area contributed by atoms with E-state index in [1.54, 1.807) is 12.4 Å². The summed E-state index contributed by atoms with van der Waals surface area (Å²) in [6.07, 6.45) is 2.70. The van der Waals surface area contributed by atoms with E-state index in [1.807, 2.05) is 11.0 Å². The van der Waals surface area contributed by atoms with E-state index in [0.717, 1.165) is 5.69 Å². The number of hydrogen-bond donors (Lipinski definition) is 0. The fraction of sp³-hybridized carbons (Fsp3) is 0.455. The van der Waals surface area contributed by atoms with Gasteiger partial charge in [-0.25, -0.2) is 4.79 Å². The molecule has 1 unspecified atom stereocenters. The number of nitrogens with zero attached hydrogens (tertiary/aromatic N) is 2. The van der Waals surface area contributed by atoms with Crippen LogP contribution in [0.2, 0.25) is 5.02 Å². The van der Waals surface area contributed by atoms with Gasteiger partial charge in [0.15, 0.2) is 6.10 Å². The van der Waals surface area contributed by atoms with Crippen LogP contribution < -0.4 is 4.90 Å². The van der Waals surface area contributed by atoms with E-state index >= 15 is 0 Å². The molecule has 1 atom stereocenters. The van der Waals surface area contributed by atoms with Gasteiger partial charge in [0.1, 0.15) is 0 Å². The average molecular weight is 257 g/mol. The van der Waals surface area contributed by atoms with Crippen LogP contribution >= 0.6 is 11.6 Å². The van der Waals surface area contributed by atoms with Gasteiger partial charge in [-0.15, -0.1) is 0 Å². The molecule has 1 fully saturated rings. The van der Waals surface area contributed by atoms with E-state index in [4.69, 9.17) is 16.3 Å². The average Bonchev–Trinajstić information content (AvgIpc) is 2.38. The number of morpholine rings is 1. The van der Waals surface area contributed by atoms with Crippen LogP contribution in [0.4, 0.5) is 5.69 Å². The molecule has 1 aliphatic heterocycles. The van der Waals surface area contributed by atoms with Crippen molar-refractivity contribution in [1.82, 2.24) is 4.98 Å². The van der Waals surface area contributed by atoms with Crippen LogP contribution in [-0.2, 0) is 14.3 Å². The smallest absolute Gasteiger partial charge is 0.336 e. The lowest BCUT2D eigenvalue weighted by Gasteiger charge is -2.33. The number of ether oxygens (including phenoxy) is 2. The Bertz CT molecular complexity index is 413. The highest BCUT2D eigenvalue weighted by molar-refractivity contribution is 6.33. The van der Waals surface area contributed by atoms with Crippen molar-refractivity contribution < 1.29 is 14.3 Å². The van der Waals surface area contributed by atoms with Crippen LogP contribution in [-0.4, -0.2) is 43.9 Å². The highest BCUT2D eigenvalue weighted by Crippen LogP contribution is 2.25. The zero-order chi connectivity index (χ0) is 12.3. The number of carbonyl (C=O) groups is 1. The van der Waals surface area contributed by atoms with Crippen molar-refractivity contribution in [3.63, 3.8) is 0 Å². The molecule has 0 radical (unpaired) electrons. The quantitative estimate of drug-likeness (QED) is 0.742. The normalized spacial score (nSPS) is 20.1. The van der Waals surface area contributed by atoms with Gasteiger partial charge in [-0.3, -0.25) is 4.98 Å². The van der Waals surface area contributed by atoms with Crippen molar-refractivity contribution in [3.05, 3.63) is 23.5 Å². The summed E-state index contributed by atoms with van der Waals surface area (Å²) >= 11 is 6.06. The third-order valence-corrected chi connectivity index (χ3v) is 2.91. The Balaban J connectivity index is 2.12. The number of pyridine rings is 1. The summed E-state index contributed by atoms with van der Waals surface area (Å²) in [5, 5.41) is 0.568. The number of anilines is 1. The van der Waals surface area contributed by atoms with Gasteiger partial charge in [0.25, 0.3) is 0 Å². The van der Waals surface area contributed by atoms with Crippen molar-refractivity contribution in [2.45, 2.75) is 6.10 Å². The molecule has 1 aliphatic rings. The molecule has 0 amide bonds. The molecule has 2 heterocycles. The predicted molar refractivity (Wildman–Crippen MR) is 63.2 cm³/mol. The largest absolute Gasteiger partial charge is 0.467 e. The zero-order valence-electron chi connectivity index (χ0n) is 9.43. The van der Waals surface area contributed by atoms with Gasteiger partial charge >= 0.3 is 5.97 Å². The number of rotatable bonds is 2. The van der Waals surface area contributed by atoms with Crippen LogP contribution in [0.5, 0.6) is 0 Å².